The van der Waals surface area contributed by atoms with Crippen LogP contribution < -0.4 is 0 Å². The Morgan fingerprint density at radius 3 is 2.09 bits per heavy atom. The summed E-state index contributed by atoms with van der Waals surface area (Å²) in [6, 6.07) is 0. The van der Waals surface area contributed by atoms with Gasteiger partial charge in [-0.25, -0.2) is 4.79 Å². The van der Waals surface area contributed by atoms with Crippen LogP contribution in [0.3, 0.4) is 0 Å². The lowest BCUT2D eigenvalue weighted by molar-refractivity contribution is -0.162. The second-order valence-corrected chi connectivity index (χ2v) is 5.69. The van der Waals surface area contributed by atoms with Gasteiger partial charge in [0.1, 0.15) is 37.6 Å². The summed E-state index contributed by atoms with van der Waals surface area (Å²) in [5.41, 5.74) is -0.561. The molecular formula is C13H24O9. The molecular weight excluding hydrogens is 300 g/mol. The molecule has 9 nitrogen and oxygen atoms in total. The fourth-order valence-electron chi connectivity index (χ4n) is 1.25. The molecule has 9 heteroatoms. The van der Waals surface area contributed by atoms with Crippen LogP contribution in [0.15, 0.2) is 0 Å². The number of aliphatic hydroxyl groups is 5. The molecule has 0 fully saturated rings. The largest absolute Gasteiger partial charge is 0.461 e. The van der Waals surface area contributed by atoms with E-state index in [1.807, 2.05) is 0 Å². The highest BCUT2D eigenvalue weighted by Gasteiger charge is 2.34. The number of aliphatic hydroxyl groups excluding tert-OH is 5. The molecule has 130 valence electrons. The molecule has 0 spiro atoms. The van der Waals surface area contributed by atoms with Gasteiger partial charge in [-0.3, -0.25) is 4.79 Å². The standard InChI is InChI=1S/C13H24O9/c1-13(2,3)22-6-9(17)21-5-8(16)11(19)12(20)10(18)7(15)4-14/h7-8,10,12,14-16,18,20H,4-6H2,1-3H3. The number of ketones is 1. The normalized spacial score (nSPS) is 17.5. The molecule has 0 saturated heterocycles. The van der Waals surface area contributed by atoms with Gasteiger partial charge in [-0.1, -0.05) is 0 Å². The first kappa shape index (κ1) is 20.9. The van der Waals surface area contributed by atoms with Gasteiger partial charge in [0.05, 0.1) is 12.2 Å². The van der Waals surface area contributed by atoms with Gasteiger partial charge in [0, 0.05) is 0 Å². The molecule has 0 amide bonds. The topological polar surface area (TPSA) is 154 Å². The first-order chi connectivity index (χ1) is 9.99. The molecule has 22 heavy (non-hydrogen) atoms. The number of hydrogen-bond donors (Lipinski definition) is 5. The molecule has 0 aromatic heterocycles. The van der Waals surface area contributed by atoms with Gasteiger partial charge in [-0.15, -0.1) is 0 Å². The Bertz CT molecular complexity index is 363. The summed E-state index contributed by atoms with van der Waals surface area (Å²) >= 11 is 0. The molecule has 0 saturated carbocycles. The minimum absolute atomic E-state index is 0.376. The van der Waals surface area contributed by atoms with Crippen molar-refractivity contribution in [3.05, 3.63) is 0 Å². The zero-order chi connectivity index (χ0) is 17.5. The molecule has 0 rings (SSSR count). The van der Waals surface area contributed by atoms with Crippen molar-refractivity contribution in [3.63, 3.8) is 0 Å². The summed E-state index contributed by atoms with van der Waals surface area (Å²) in [5, 5.41) is 46.0. The molecule has 4 unspecified atom stereocenters. The summed E-state index contributed by atoms with van der Waals surface area (Å²) in [6.45, 7) is 3.19. The number of hydrogen-bond acceptors (Lipinski definition) is 9. The Kier molecular flexibility index (Phi) is 8.68. The van der Waals surface area contributed by atoms with E-state index >= 15 is 0 Å². The van der Waals surface area contributed by atoms with Crippen LogP contribution in [-0.4, -0.2) is 87.1 Å². The highest BCUT2D eigenvalue weighted by molar-refractivity contribution is 5.88. The Morgan fingerprint density at radius 1 is 1.09 bits per heavy atom. The number of carbonyl (C=O) groups is 2. The minimum atomic E-state index is -2.12. The predicted octanol–water partition coefficient (Wildman–Crippen LogP) is -2.65. The second kappa shape index (κ2) is 9.13. The Labute approximate surface area is 128 Å². The molecule has 0 aromatic rings. The van der Waals surface area contributed by atoms with Crippen molar-refractivity contribution in [3.8, 4) is 0 Å². The van der Waals surface area contributed by atoms with Crippen molar-refractivity contribution in [1.29, 1.82) is 0 Å². The highest BCUT2D eigenvalue weighted by Crippen LogP contribution is 2.07. The third-order valence-corrected chi connectivity index (χ3v) is 2.55. The van der Waals surface area contributed by atoms with Gasteiger partial charge in [0.2, 0.25) is 0 Å². The van der Waals surface area contributed by atoms with E-state index in [2.05, 4.69) is 4.74 Å². The van der Waals surface area contributed by atoms with Gasteiger partial charge in [0.15, 0.2) is 5.78 Å². The van der Waals surface area contributed by atoms with Crippen LogP contribution in [0.4, 0.5) is 0 Å². The molecule has 0 aromatic carbocycles. The molecule has 0 aliphatic heterocycles. The molecule has 0 heterocycles. The summed E-state index contributed by atoms with van der Waals surface area (Å²) in [7, 11) is 0. The predicted molar refractivity (Wildman–Crippen MR) is 72.8 cm³/mol. The molecule has 0 bridgehead atoms. The smallest absolute Gasteiger partial charge is 0.332 e. The van der Waals surface area contributed by atoms with Crippen LogP contribution in [-0.2, 0) is 19.1 Å². The lowest BCUT2D eigenvalue weighted by Gasteiger charge is -2.22. The van der Waals surface area contributed by atoms with E-state index in [1.165, 1.54) is 0 Å². The van der Waals surface area contributed by atoms with Crippen molar-refractivity contribution in [2.45, 2.75) is 50.8 Å². The van der Waals surface area contributed by atoms with Crippen LogP contribution in [0.5, 0.6) is 0 Å². The number of rotatable bonds is 9. The maximum absolute atomic E-state index is 11.6. The average molecular weight is 324 g/mol. The zero-order valence-corrected chi connectivity index (χ0v) is 12.8. The second-order valence-electron chi connectivity index (χ2n) is 5.69. The van der Waals surface area contributed by atoms with Gasteiger partial charge in [0.25, 0.3) is 0 Å². The summed E-state index contributed by atoms with van der Waals surface area (Å²) in [6.07, 6.45) is -7.71. The molecule has 0 aliphatic rings. The quantitative estimate of drug-likeness (QED) is 0.286. The average Bonchev–Trinajstić information content (AvgIpc) is 2.46. The number of esters is 1. The third-order valence-electron chi connectivity index (χ3n) is 2.55. The van der Waals surface area contributed by atoms with Crippen LogP contribution in [0.2, 0.25) is 0 Å². The molecule has 0 radical (unpaired) electrons. The van der Waals surface area contributed by atoms with Crippen LogP contribution >= 0.6 is 0 Å². The fraction of sp³-hybridized carbons (Fsp3) is 0.846. The van der Waals surface area contributed by atoms with E-state index < -0.39 is 55.0 Å². The Morgan fingerprint density at radius 2 is 1.64 bits per heavy atom. The van der Waals surface area contributed by atoms with Gasteiger partial charge >= 0.3 is 5.97 Å². The molecule has 4 atom stereocenters. The lowest BCUT2D eigenvalue weighted by atomic mass is 10.0. The van der Waals surface area contributed by atoms with E-state index in [9.17, 15) is 24.9 Å². The lowest BCUT2D eigenvalue weighted by Crippen LogP contribution is -2.48. The summed E-state index contributed by atoms with van der Waals surface area (Å²) < 4.78 is 9.72. The van der Waals surface area contributed by atoms with E-state index in [0.717, 1.165) is 0 Å². The van der Waals surface area contributed by atoms with Gasteiger partial charge in [-0.05, 0) is 20.8 Å². The minimum Gasteiger partial charge on any atom is -0.461 e. The summed E-state index contributed by atoms with van der Waals surface area (Å²) in [5.74, 6) is -2.06. The van der Waals surface area contributed by atoms with Crippen molar-refractivity contribution in [2.75, 3.05) is 19.8 Å². The van der Waals surface area contributed by atoms with Crippen LogP contribution in [0, 0.1) is 0 Å². The number of Topliss-reactive ketones (excluding diaryl/α,β-unsaturated/α-hetero) is 1. The Balaban J connectivity index is 4.28. The zero-order valence-electron chi connectivity index (χ0n) is 12.8. The third kappa shape index (κ3) is 7.78. The van der Waals surface area contributed by atoms with E-state index in [1.54, 1.807) is 20.8 Å². The van der Waals surface area contributed by atoms with Crippen molar-refractivity contribution in [1.82, 2.24) is 0 Å². The Hall–Kier alpha value is -1.10. The van der Waals surface area contributed by atoms with Crippen molar-refractivity contribution >= 4 is 11.8 Å². The molecule has 0 aliphatic carbocycles. The maximum Gasteiger partial charge on any atom is 0.332 e. The highest BCUT2D eigenvalue weighted by atomic mass is 16.6. The number of carbonyl (C=O) groups excluding carboxylic acids is 2. The first-order valence-corrected chi connectivity index (χ1v) is 6.66. The van der Waals surface area contributed by atoms with Crippen LogP contribution in [0.25, 0.3) is 0 Å². The van der Waals surface area contributed by atoms with E-state index in [-0.39, 0.29) is 6.61 Å². The summed E-state index contributed by atoms with van der Waals surface area (Å²) in [4.78, 5) is 22.9. The first-order valence-electron chi connectivity index (χ1n) is 6.66. The number of ether oxygens (including phenoxy) is 2. The maximum atomic E-state index is 11.6. The van der Waals surface area contributed by atoms with Gasteiger partial charge in [-0.2, -0.15) is 0 Å². The monoisotopic (exact) mass is 324 g/mol. The molecule has 5 N–H and O–H groups in total. The fourth-order valence-corrected chi connectivity index (χ4v) is 1.25. The van der Waals surface area contributed by atoms with Crippen molar-refractivity contribution in [2.24, 2.45) is 0 Å². The van der Waals surface area contributed by atoms with Crippen molar-refractivity contribution < 1.29 is 44.6 Å². The van der Waals surface area contributed by atoms with E-state index in [0.29, 0.717) is 0 Å². The van der Waals surface area contributed by atoms with Gasteiger partial charge < -0.3 is 35.0 Å². The van der Waals surface area contributed by atoms with Crippen LogP contribution in [0.1, 0.15) is 20.8 Å². The van der Waals surface area contributed by atoms with E-state index in [4.69, 9.17) is 14.9 Å². The SMILES string of the molecule is CC(C)(C)OCC(=O)OCC(O)C(=O)C(O)C(O)C(O)CO.